The molecule has 22 heavy (non-hydrogen) atoms. The lowest BCUT2D eigenvalue weighted by Gasteiger charge is -2.23. The minimum absolute atomic E-state index is 0. The summed E-state index contributed by atoms with van der Waals surface area (Å²) in [7, 11) is 1.86. The van der Waals surface area contributed by atoms with Crippen molar-refractivity contribution in [2.24, 2.45) is 11.7 Å². The number of nitrogens with two attached hydrogens (primary N) is 1. The molecule has 1 aliphatic carbocycles. The quantitative estimate of drug-likeness (QED) is 0.941. The van der Waals surface area contributed by atoms with Crippen LogP contribution in [-0.4, -0.2) is 30.4 Å². The molecule has 0 saturated heterocycles. The topological polar surface area (TPSA) is 46.3 Å². The van der Waals surface area contributed by atoms with E-state index in [0.29, 0.717) is 12.5 Å². The van der Waals surface area contributed by atoms with Gasteiger partial charge in [-0.3, -0.25) is 4.79 Å². The minimum Gasteiger partial charge on any atom is -0.342 e. The van der Waals surface area contributed by atoms with Crippen LogP contribution in [0.5, 0.6) is 0 Å². The molecule has 1 amide bonds. The zero-order valence-corrected chi connectivity index (χ0v) is 13.8. The number of halogens is 1. The summed E-state index contributed by atoms with van der Waals surface area (Å²) in [5.41, 5.74) is 6.96. The number of amides is 1. The van der Waals surface area contributed by atoms with E-state index in [1.807, 2.05) is 14.0 Å². The maximum atomic E-state index is 12.5. The smallest absolute Gasteiger partial charge is 0.226 e. The van der Waals surface area contributed by atoms with E-state index in [2.05, 4.69) is 42.5 Å². The highest BCUT2D eigenvalue weighted by Gasteiger charge is 2.46. The van der Waals surface area contributed by atoms with Crippen LogP contribution in [0.3, 0.4) is 0 Å². The van der Waals surface area contributed by atoms with E-state index >= 15 is 0 Å². The van der Waals surface area contributed by atoms with Crippen LogP contribution in [-0.2, 0) is 4.79 Å². The molecule has 0 spiro atoms. The fraction of sp³-hybridized carbons (Fsp3) is 0.389. The number of fused-ring (bicyclic) bond motifs is 1. The molecule has 0 radical (unpaired) electrons. The van der Waals surface area contributed by atoms with Crippen LogP contribution in [0.4, 0.5) is 0 Å². The lowest BCUT2D eigenvalue weighted by molar-refractivity contribution is -0.132. The normalized spacial score (nSPS) is 21.0. The van der Waals surface area contributed by atoms with Crippen molar-refractivity contribution in [1.29, 1.82) is 0 Å². The molecule has 0 aliphatic heterocycles. The molecule has 0 bridgehead atoms. The molecule has 2 aromatic rings. The first-order valence-corrected chi connectivity index (χ1v) is 7.58. The van der Waals surface area contributed by atoms with Crippen molar-refractivity contribution in [3.63, 3.8) is 0 Å². The van der Waals surface area contributed by atoms with Crippen LogP contribution in [0.2, 0.25) is 0 Å². The van der Waals surface area contributed by atoms with Gasteiger partial charge >= 0.3 is 0 Å². The van der Waals surface area contributed by atoms with E-state index in [9.17, 15) is 4.79 Å². The van der Waals surface area contributed by atoms with Gasteiger partial charge in [-0.2, -0.15) is 0 Å². The molecule has 118 valence electrons. The zero-order valence-electron chi connectivity index (χ0n) is 13.0. The number of benzene rings is 2. The Balaban J connectivity index is 0.00000176. The summed E-state index contributed by atoms with van der Waals surface area (Å²) in [6, 6.07) is 14.9. The largest absolute Gasteiger partial charge is 0.342 e. The summed E-state index contributed by atoms with van der Waals surface area (Å²) in [4.78, 5) is 14.3. The highest BCUT2D eigenvalue weighted by Crippen LogP contribution is 2.50. The average molecular weight is 319 g/mol. The Morgan fingerprint density at radius 3 is 2.68 bits per heavy atom. The van der Waals surface area contributed by atoms with Crippen LogP contribution in [0, 0.1) is 5.92 Å². The van der Waals surface area contributed by atoms with Gasteiger partial charge in [0.25, 0.3) is 0 Å². The Kier molecular flexibility index (Phi) is 5.09. The van der Waals surface area contributed by atoms with Crippen LogP contribution >= 0.6 is 12.4 Å². The van der Waals surface area contributed by atoms with Crippen LogP contribution < -0.4 is 5.73 Å². The van der Waals surface area contributed by atoms with Crippen molar-refractivity contribution in [1.82, 2.24) is 4.90 Å². The Morgan fingerprint density at radius 2 is 1.95 bits per heavy atom. The number of rotatable bonds is 4. The lowest BCUT2D eigenvalue weighted by atomic mass is 10.00. The van der Waals surface area contributed by atoms with Gasteiger partial charge in [-0.05, 0) is 35.6 Å². The first-order chi connectivity index (χ1) is 10.1. The third-order valence-electron chi connectivity index (χ3n) is 4.68. The first kappa shape index (κ1) is 16.8. The van der Waals surface area contributed by atoms with E-state index in [1.54, 1.807) is 4.90 Å². The van der Waals surface area contributed by atoms with Crippen LogP contribution in [0.15, 0.2) is 42.5 Å². The predicted molar refractivity (Wildman–Crippen MR) is 93.3 cm³/mol. The second kappa shape index (κ2) is 6.67. The minimum atomic E-state index is 0. The Hall–Kier alpha value is -1.58. The van der Waals surface area contributed by atoms with Gasteiger partial charge in [-0.25, -0.2) is 0 Å². The lowest BCUT2D eigenvalue weighted by Crippen LogP contribution is -2.40. The van der Waals surface area contributed by atoms with Gasteiger partial charge in [0.1, 0.15) is 0 Å². The standard InChI is InChI=1S/C18H22N2O.ClH/c1-12(11-19)20(2)18(21)17-10-16(17)15-9-5-7-13-6-3-4-8-14(13)15;/h3-9,12,16-17H,10-11,19H2,1-2H3;1H. The van der Waals surface area contributed by atoms with Gasteiger partial charge in [-0.15, -0.1) is 12.4 Å². The Morgan fingerprint density at radius 1 is 1.27 bits per heavy atom. The zero-order chi connectivity index (χ0) is 15.0. The summed E-state index contributed by atoms with van der Waals surface area (Å²) in [6.45, 7) is 2.50. The predicted octanol–water partition coefficient (Wildman–Crippen LogP) is 3.17. The van der Waals surface area contributed by atoms with Crippen molar-refractivity contribution in [3.05, 3.63) is 48.0 Å². The summed E-state index contributed by atoms with van der Waals surface area (Å²) in [6.07, 6.45) is 0.953. The third kappa shape index (κ3) is 2.96. The fourth-order valence-corrected chi connectivity index (χ4v) is 3.02. The van der Waals surface area contributed by atoms with Gasteiger partial charge in [0.2, 0.25) is 5.91 Å². The van der Waals surface area contributed by atoms with Crippen molar-refractivity contribution in [3.8, 4) is 0 Å². The molecule has 2 aromatic carbocycles. The van der Waals surface area contributed by atoms with Crippen molar-refractivity contribution in [2.75, 3.05) is 13.6 Å². The molecule has 3 atom stereocenters. The molecule has 1 fully saturated rings. The summed E-state index contributed by atoms with van der Waals surface area (Å²) >= 11 is 0. The van der Waals surface area contributed by atoms with E-state index in [4.69, 9.17) is 5.73 Å². The molecular weight excluding hydrogens is 296 g/mol. The Bertz CT molecular complexity index is 668. The highest BCUT2D eigenvalue weighted by molar-refractivity contribution is 5.89. The summed E-state index contributed by atoms with van der Waals surface area (Å²) < 4.78 is 0. The van der Waals surface area contributed by atoms with Gasteiger partial charge in [0.05, 0.1) is 0 Å². The molecule has 1 aliphatic rings. The highest BCUT2D eigenvalue weighted by atomic mass is 35.5. The average Bonchev–Trinajstić information content (AvgIpc) is 3.32. The molecular formula is C18H23ClN2O. The number of hydrogen-bond acceptors (Lipinski definition) is 2. The SMILES string of the molecule is CC(CN)N(C)C(=O)C1CC1c1cccc2ccccc12.Cl. The van der Waals surface area contributed by atoms with Crippen LogP contribution in [0.1, 0.15) is 24.8 Å². The first-order valence-electron chi connectivity index (χ1n) is 7.58. The van der Waals surface area contributed by atoms with Crippen LogP contribution in [0.25, 0.3) is 10.8 Å². The maximum absolute atomic E-state index is 12.5. The van der Waals surface area contributed by atoms with Gasteiger partial charge in [0.15, 0.2) is 0 Å². The Labute approximate surface area is 137 Å². The number of likely N-dealkylation sites (N-methyl/N-ethyl adjacent to an activating group) is 1. The van der Waals surface area contributed by atoms with E-state index < -0.39 is 0 Å². The monoisotopic (exact) mass is 318 g/mol. The van der Waals surface area contributed by atoms with Gasteiger partial charge in [0, 0.05) is 25.6 Å². The third-order valence-corrected chi connectivity index (χ3v) is 4.68. The summed E-state index contributed by atoms with van der Waals surface area (Å²) in [5, 5.41) is 2.52. The molecule has 3 rings (SSSR count). The van der Waals surface area contributed by atoms with E-state index in [-0.39, 0.29) is 30.3 Å². The molecule has 2 N–H and O–H groups in total. The second-order valence-electron chi connectivity index (χ2n) is 6.05. The molecule has 0 aromatic heterocycles. The molecule has 3 unspecified atom stereocenters. The van der Waals surface area contributed by atoms with Crippen molar-refractivity contribution < 1.29 is 4.79 Å². The molecule has 4 heteroatoms. The molecule has 3 nitrogen and oxygen atoms in total. The maximum Gasteiger partial charge on any atom is 0.226 e. The van der Waals surface area contributed by atoms with Gasteiger partial charge in [-0.1, -0.05) is 42.5 Å². The van der Waals surface area contributed by atoms with Gasteiger partial charge < -0.3 is 10.6 Å². The summed E-state index contributed by atoms with van der Waals surface area (Å²) in [5.74, 6) is 0.705. The van der Waals surface area contributed by atoms with E-state index in [1.165, 1.54) is 16.3 Å². The fourth-order valence-electron chi connectivity index (χ4n) is 3.02. The van der Waals surface area contributed by atoms with Crippen molar-refractivity contribution in [2.45, 2.75) is 25.3 Å². The number of carbonyl (C=O) groups excluding carboxylic acids is 1. The molecule has 1 saturated carbocycles. The number of carbonyl (C=O) groups is 1. The second-order valence-corrected chi connectivity index (χ2v) is 6.05. The molecule has 0 heterocycles. The number of nitrogens with zero attached hydrogens (tertiary/aromatic N) is 1. The van der Waals surface area contributed by atoms with Crippen molar-refractivity contribution >= 4 is 29.1 Å². The van der Waals surface area contributed by atoms with E-state index in [0.717, 1.165) is 6.42 Å². The number of hydrogen-bond donors (Lipinski definition) is 1.